The number of rotatable bonds is 3. The monoisotopic (exact) mass is 374 g/mol. The molecule has 1 aromatic rings. The molecule has 5 amide bonds. The fourth-order valence-electron chi connectivity index (χ4n) is 4.39. The van der Waals surface area contributed by atoms with E-state index in [4.69, 9.17) is 0 Å². The van der Waals surface area contributed by atoms with E-state index < -0.39 is 11.6 Å². The number of imide groups is 1. The summed E-state index contributed by atoms with van der Waals surface area (Å²) in [4.78, 5) is 37.8. The van der Waals surface area contributed by atoms with E-state index in [9.17, 15) is 14.4 Å². The second kappa shape index (κ2) is 7.21. The standard InChI is InChI=1S/C18H26N6O3/c25-15-18(22-16(26)21-15)6-2-14(3-7-18)20-17(27)23-10-4-13(5-11-23)12-24-9-1-8-19-24/h1,8-9,13-14H,2-7,10-12H2,(H,20,27)(H2,21,22,25,26). The van der Waals surface area contributed by atoms with Crippen LogP contribution in [0.15, 0.2) is 18.5 Å². The fourth-order valence-corrected chi connectivity index (χ4v) is 4.39. The van der Waals surface area contributed by atoms with Crippen LogP contribution in [-0.4, -0.2) is 57.3 Å². The van der Waals surface area contributed by atoms with Crippen LogP contribution in [0.4, 0.5) is 9.59 Å². The van der Waals surface area contributed by atoms with Gasteiger partial charge in [-0.25, -0.2) is 9.59 Å². The van der Waals surface area contributed by atoms with E-state index in [1.807, 2.05) is 21.8 Å². The maximum Gasteiger partial charge on any atom is 0.322 e. The lowest BCUT2D eigenvalue weighted by atomic mass is 9.79. The number of hydrogen-bond acceptors (Lipinski definition) is 4. The van der Waals surface area contributed by atoms with Crippen LogP contribution in [0.2, 0.25) is 0 Å². The average Bonchev–Trinajstić information content (AvgIpc) is 3.26. The molecule has 1 aromatic heterocycles. The van der Waals surface area contributed by atoms with Crippen molar-refractivity contribution in [3.05, 3.63) is 18.5 Å². The van der Waals surface area contributed by atoms with Gasteiger partial charge in [-0.1, -0.05) is 0 Å². The Morgan fingerprint density at radius 3 is 2.56 bits per heavy atom. The van der Waals surface area contributed by atoms with E-state index >= 15 is 0 Å². The molecule has 2 saturated heterocycles. The highest BCUT2D eigenvalue weighted by atomic mass is 16.2. The maximum atomic E-state index is 12.6. The van der Waals surface area contributed by atoms with Gasteiger partial charge in [0.2, 0.25) is 0 Å². The topological polar surface area (TPSA) is 108 Å². The molecule has 3 fully saturated rings. The van der Waals surface area contributed by atoms with Gasteiger partial charge in [0.25, 0.3) is 5.91 Å². The van der Waals surface area contributed by atoms with Crippen molar-refractivity contribution in [2.24, 2.45) is 5.92 Å². The Morgan fingerprint density at radius 1 is 1.22 bits per heavy atom. The number of amides is 5. The number of hydrogen-bond donors (Lipinski definition) is 3. The molecule has 0 unspecified atom stereocenters. The molecule has 3 N–H and O–H groups in total. The Kier molecular flexibility index (Phi) is 4.75. The highest BCUT2D eigenvalue weighted by Crippen LogP contribution is 2.31. The molecule has 2 aliphatic heterocycles. The van der Waals surface area contributed by atoms with Gasteiger partial charge in [0, 0.05) is 38.1 Å². The molecule has 0 aromatic carbocycles. The first-order chi connectivity index (χ1) is 13.0. The van der Waals surface area contributed by atoms with Crippen molar-refractivity contribution >= 4 is 18.0 Å². The molecule has 4 rings (SSSR count). The number of carbonyl (C=O) groups is 3. The molecule has 3 heterocycles. The summed E-state index contributed by atoms with van der Waals surface area (Å²) in [7, 11) is 0. The lowest BCUT2D eigenvalue weighted by Crippen LogP contribution is -2.54. The van der Waals surface area contributed by atoms with E-state index in [1.165, 1.54) is 0 Å². The second-order valence-corrected chi connectivity index (χ2v) is 7.87. The molecule has 27 heavy (non-hydrogen) atoms. The molecule has 1 saturated carbocycles. The highest BCUT2D eigenvalue weighted by Gasteiger charge is 2.48. The Hall–Kier alpha value is -2.58. The first kappa shape index (κ1) is 17.8. The van der Waals surface area contributed by atoms with Crippen LogP contribution in [0.5, 0.6) is 0 Å². The number of likely N-dealkylation sites (tertiary alicyclic amines) is 1. The predicted molar refractivity (Wildman–Crippen MR) is 96.7 cm³/mol. The minimum Gasteiger partial charge on any atom is -0.335 e. The van der Waals surface area contributed by atoms with Gasteiger partial charge in [-0.2, -0.15) is 5.10 Å². The van der Waals surface area contributed by atoms with Crippen LogP contribution in [0.1, 0.15) is 38.5 Å². The van der Waals surface area contributed by atoms with Crippen LogP contribution >= 0.6 is 0 Å². The third-order valence-electron chi connectivity index (χ3n) is 6.09. The van der Waals surface area contributed by atoms with E-state index in [-0.39, 0.29) is 18.0 Å². The van der Waals surface area contributed by atoms with Crippen molar-refractivity contribution in [2.45, 2.75) is 56.7 Å². The van der Waals surface area contributed by atoms with Gasteiger partial charge in [-0.05, 0) is 50.5 Å². The Morgan fingerprint density at radius 2 is 1.96 bits per heavy atom. The van der Waals surface area contributed by atoms with Crippen molar-refractivity contribution in [1.82, 2.24) is 30.6 Å². The summed E-state index contributed by atoms with van der Waals surface area (Å²) in [5.41, 5.74) is -0.775. The lowest BCUT2D eigenvalue weighted by molar-refractivity contribution is -0.125. The van der Waals surface area contributed by atoms with E-state index in [1.54, 1.807) is 6.20 Å². The van der Waals surface area contributed by atoms with Gasteiger partial charge in [0.15, 0.2) is 0 Å². The summed E-state index contributed by atoms with van der Waals surface area (Å²) in [6, 6.07) is 1.54. The number of nitrogens with zero attached hydrogens (tertiary/aromatic N) is 3. The first-order valence-electron chi connectivity index (χ1n) is 9.70. The fraction of sp³-hybridized carbons (Fsp3) is 0.667. The molecule has 9 heteroatoms. The zero-order valence-corrected chi connectivity index (χ0v) is 15.3. The molecule has 0 bridgehead atoms. The number of aromatic nitrogens is 2. The number of nitrogens with one attached hydrogen (secondary N) is 3. The Bertz CT molecular complexity index is 703. The van der Waals surface area contributed by atoms with Crippen LogP contribution in [-0.2, 0) is 11.3 Å². The molecule has 1 spiro atoms. The maximum absolute atomic E-state index is 12.6. The van der Waals surface area contributed by atoms with Gasteiger partial charge in [-0.15, -0.1) is 0 Å². The molecule has 9 nitrogen and oxygen atoms in total. The second-order valence-electron chi connectivity index (χ2n) is 7.87. The van der Waals surface area contributed by atoms with Gasteiger partial charge in [0.1, 0.15) is 5.54 Å². The molecule has 0 atom stereocenters. The summed E-state index contributed by atoms with van der Waals surface area (Å²) in [6.07, 6.45) is 8.22. The van der Waals surface area contributed by atoms with Crippen LogP contribution < -0.4 is 16.0 Å². The van der Waals surface area contributed by atoms with E-state index in [0.717, 1.165) is 32.5 Å². The number of piperidine rings is 1. The van der Waals surface area contributed by atoms with Gasteiger partial charge < -0.3 is 15.5 Å². The summed E-state index contributed by atoms with van der Waals surface area (Å²) in [5, 5.41) is 12.4. The van der Waals surface area contributed by atoms with Gasteiger partial charge >= 0.3 is 12.1 Å². The molecule has 3 aliphatic rings. The average molecular weight is 374 g/mol. The Balaban J connectivity index is 1.21. The number of carbonyl (C=O) groups excluding carboxylic acids is 3. The normalized spacial score (nSPS) is 28.9. The summed E-state index contributed by atoms with van der Waals surface area (Å²) in [6.45, 7) is 2.42. The van der Waals surface area contributed by atoms with Crippen molar-refractivity contribution in [3.63, 3.8) is 0 Å². The predicted octanol–water partition coefficient (Wildman–Crippen LogP) is 0.825. The minimum atomic E-state index is -0.775. The SMILES string of the molecule is O=C1NC(=O)C2(CCC(NC(=O)N3CCC(Cn4cccn4)CC3)CC2)N1. The van der Waals surface area contributed by atoms with Crippen molar-refractivity contribution in [2.75, 3.05) is 13.1 Å². The quantitative estimate of drug-likeness (QED) is 0.681. The van der Waals surface area contributed by atoms with Crippen LogP contribution in [0.3, 0.4) is 0 Å². The Labute approximate surface area is 157 Å². The smallest absolute Gasteiger partial charge is 0.322 e. The van der Waals surface area contributed by atoms with Crippen molar-refractivity contribution in [1.29, 1.82) is 0 Å². The number of urea groups is 2. The van der Waals surface area contributed by atoms with Crippen molar-refractivity contribution in [3.8, 4) is 0 Å². The van der Waals surface area contributed by atoms with Crippen molar-refractivity contribution < 1.29 is 14.4 Å². The summed E-state index contributed by atoms with van der Waals surface area (Å²) in [5.74, 6) is 0.310. The molecular formula is C18H26N6O3. The third kappa shape index (κ3) is 3.77. The molecule has 1 aliphatic carbocycles. The molecule has 0 radical (unpaired) electrons. The zero-order chi connectivity index (χ0) is 18.9. The first-order valence-corrected chi connectivity index (χ1v) is 9.70. The molecular weight excluding hydrogens is 348 g/mol. The van der Waals surface area contributed by atoms with Gasteiger partial charge in [0.05, 0.1) is 0 Å². The highest BCUT2D eigenvalue weighted by molar-refractivity contribution is 6.07. The molecule has 146 valence electrons. The van der Waals surface area contributed by atoms with Crippen LogP contribution in [0.25, 0.3) is 0 Å². The summed E-state index contributed by atoms with van der Waals surface area (Å²) < 4.78 is 1.95. The third-order valence-corrected chi connectivity index (χ3v) is 6.09. The van der Waals surface area contributed by atoms with Crippen LogP contribution in [0, 0.1) is 5.92 Å². The van der Waals surface area contributed by atoms with Gasteiger partial charge in [-0.3, -0.25) is 14.8 Å². The zero-order valence-electron chi connectivity index (χ0n) is 15.3. The van der Waals surface area contributed by atoms with E-state index in [2.05, 4.69) is 21.0 Å². The summed E-state index contributed by atoms with van der Waals surface area (Å²) >= 11 is 0. The lowest BCUT2D eigenvalue weighted by Gasteiger charge is -2.37. The largest absolute Gasteiger partial charge is 0.335 e. The van der Waals surface area contributed by atoms with E-state index in [0.29, 0.717) is 31.6 Å². The minimum absolute atomic E-state index is 0.0200.